The Hall–Kier alpha value is -0.980. The third-order valence-electron chi connectivity index (χ3n) is 4.01. The van der Waals surface area contributed by atoms with Crippen LogP contribution in [0.2, 0.25) is 0 Å². The van der Waals surface area contributed by atoms with Crippen molar-refractivity contribution in [2.75, 3.05) is 5.32 Å². The molecule has 0 atom stereocenters. The maximum Gasteiger partial charge on any atom is 0.0347 e. The first-order chi connectivity index (χ1) is 7.49. The van der Waals surface area contributed by atoms with Crippen LogP contribution in [0.3, 0.4) is 0 Å². The van der Waals surface area contributed by atoms with Crippen molar-refractivity contribution in [3.63, 3.8) is 0 Å². The van der Waals surface area contributed by atoms with Gasteiger partial charge in [0.1, 0.15) is 0 Å². The van der Waals surface area contributed by atoms with E-state index in [0.29, 0.717) is 5.92 Å². The van der Waals surface area contributed by atoms with Gasteiger partial charge in [-0.25, -0.2) is 0 Å². The Bertz CT molecular complexity index is 377. The molecule has 1 heteroatoms. The summed E-state index contributed by atoms with van der Waals surface area (Å²) in [5.41, 5.74) is 4.53. The van der Waals surface area contributed by atoms with E-state index in [1.165, 1.54) is 24.9 Å². The second kappa shape index (κ2) is 4.12. The van der Waals surface area contributed by atoms with Crippen molar-refractivity contribution in [2.45, 2.75) is 52.5 Å². The van der Waals surface area contributed by atoms with Gasteiger partial charge < -0.3 is 5.32 Å². The fourth-order valence-corrected chi connectivity index (χ4v) is 2.17. The van der Waals surface area contributed by atoms with Crippen LogP contribution in [0.25, 0.3) is 0 Å². The summed E-state index contributed by atoms with van der Waals surface area (Å²) in [5, 5.41) is 3.65. The molecular formula is C15H23N. The predicted molar refractivity (Wildman–Crippen MR) is 71.0 cm³/mol. The van der Waals surface area contributed by atoms with Gasteiger partial charge in [0.2, 0.25) is 0 Å². The highest BCUT2D eigenvalue weighted by atomic mass is 15.0. The van der Waals surface area contributed by atoms with Crippen molar-refractivity contribution in [1.29, 1.82) is 0 Å². The van der Waals surface area contributed by atoms with Gasteiger partial charge in [0, 0.05) is 11.2 Å². The molecule has 1 aromatic rings. The normalized spacial score (nSPS) is 15.3. The van der Waals surface area contributed by atoms with Gasteiger partial charge in [0.05, 0.1) is 0 Å². The monoisotopic (exact) mass is 217 g/mol. The van der Waals surface area contributed by atoms with E-state index < -0.39 is 0 Å². The van der Waals surface area contributed by atoms with Gasteiger partial charge in [-0.05, 0) is 62.3 Å². The second-order valence-corrected chi connectivity index (χ2v) is 5.84. The van der Waals surface area contributed by atoms with E-state index in [-0.39, 0.29) is 5.54 Å². The zero-order valence-electron chi connectivity index (χ0n) is 10.9. The third-order valence-corrected chi connectivity index (χ3v) is 4.01. The van der Waals surface area contributed by atoms with Gasteiger partial charge in [-0.2, -0.15) is 0 Å². The van der Waals surface area contributed by atoms with Crippen molar-refractivity contribution >= 4 is 5.69 Å². The summed E-state index contributed by atoms with van der Waals surface area (Å²) in [6.07, 6.45) is 3.85. The Morgan fingerprint density at radius 3 is 2.50 bits per heavy atom. The number of aryl methyl sites for hydroxylation is 2. The standard InChI is InChI=1S/C15H23N/c1-11(2)15(3,4)16-14-9-8-12-6-5-7-13(12)10-14/h8-11,16H,5-7H2,1-4H3. The summed E-state index contributed by atoms with van der Waals surface area (Å²) in [7, 11) is 0. The maximum atomic E-state index is 3.65. The first-order valence-electron chi connectivity index (χ1n) is 6.39. The number of benzene rings is 1. The lowest BCUT2D eigenvalue weighted by molar-refractivity contribution is 0.407. The molecule has 0 bridgehead atoms. The van der Waals surface area contributed by atoms with Crippen LogP contribution in [0, 0.1) is 5.92 Å². The van der Waals surface area contributed by atoms with Crippen molar-refractivity contribution in [3.8, 4) is 0 Å². The summed E-state index contributed by atoms with van der Waals surface area (Å²) < 4.78 is 0. The van der Waals surface area contributed by atoms with Crippen LogP contribution in [0.5, 0.6) is 0 Å². The van der Waals surface area contributed by atoms with Crippen LogP contribution >= 0.6 is 0 Å². The van der Waals surface area contributed by atoms with Gasteiger partial charge in [-0.3, -0.25) is 0 Å². The van der Waals surface area contributed by atoms with Crippen LogP contribution in [0.15, 0.2) is 18.2 Å². The summed E-state index contributed by atoms with van der Waals surface area (Å²) in [4.78, 5) is 0. The molecule has 1 aliphatic rings. The molecule has 0 radical (unpaired) electrons. The molecule has 1 aromatic carbocycles. The van der Waals surface area contributed by atoms with Crippen LogP contribution in [-0.2, 0) is 12.8 Å². The summed E-state index contributed by atoms with van der Waals surface area (Å²) in [5.74, 6) is 0.626. The molecule has 0 fully saturated rings. The Balaban J connectivity index is 2.17. The molecule has 16 heavy (non-hydrogen) atoms. The van der Waals surface area contributed by atoms with Crippen LogP contribution in [0.4, 0.5) is 5.69 Å². The van der Waals surface area contributed by atoms with Gasteiger partial charge in [-0.1, -0.05) is 19.9 Å². The first-order valence-corrected chi connectivity index (χ1v) is 6.39. The van der Waals surface area contributed by atoms with Crippen LogP contribution in [0.1, 0.15) is 45.2 Å². The smallest absolute Gasteiger partial charge is 0.0347 e. The zero-order valence-corrected chi connectivity index (χ0v) is 10.9. The van der Waals surface area contributed by atoms with Crippen molar-refractivity contribution < 1.29 is 0 Å². The average Bonchev–Trinajstić information content (AvgIpc) is 2.63. The highest BCUT2D eigenvalue weighted by molar-refractivity contribution is 5.51. The van der Waals surface area contributed by atoms with E-state index in [9.17, 15) is 0 Å². The predicted octanol–water partition coefficient (Wildman–Crippen LogP) is 4.02. The molecule has 0 aromatic heterocycles. The molecule has 0 heterocycles. The average molecular weight is 217 g/mol. The van der Waals surface area contributed by atoms with Gasteiger partial charge in [0.25, 0.3) is 0 Å². The van der Waals surface area contributed by atoms with E-state index in [2.05, 4.69) is 51.2 Å². The molecule has 2 rings (SSSR count). The minimum Gasteiger partial charge on any atom is -0.380 e. The lowest BCUT2D eigenvalue weighted by atomic mass is 9.90. The highest BCUT2D eigenvalue weighted by Gasteiger charge is 2.22. The van der Waals surface area contributed by atoms with Crippen molar-refractivity contribution in [1.82, 2.24) is 0 Å². The lowest BCUT2D eigenvalue weighted by Gasteiger charge is -2.32. The molecule has 0 amide bonds. The molecule has 0 spiro atoms. The van der Waals surface area contributed by atoms with Gasteiger partial charge in [0.15, 0.2) is 0 Å². The van der Waals surface area contributed by atoms with Gasteiger partial charge in [-0.15, -0.1) is 0 Å². The molecule has 1 nitrogen and oxygen atoms in total. The second-order valence-electron chi connectivity index (χ2n) is 5.84. The van der Waals surface area contributed by atoms with Crippen LogP contribution < -0.4 is 5.32 Å². The largest absolute Gasteiger partial charge is 0.380 e. The van der Waals surface area contributed by atoms with Gasteiger partial charge >= 0.3 is 0 Å². The topological polar surface area (TPSA) is 12.0 Å². The Labute approximate surface area is 99.3 Å². The number of anilines is 1. The minimum absolute atomic E-state index is 0.160. The Kier molecular flexibility index (Phi) is 2.96. The zero-order chi connectivity index (χ0) is 11.8. The first kappa shape index (κ1) is 11.5. The summed E-state index contributed by atoms with van der Waals surface area (Å²) in [6, 6.07) is 6.86. The van der Waals surface area contributed by atoms with E-state index in [0.717, 1.165) is 0 Å². The van der Waals surface area contributed by atoms with Crippen LogP contribution in [-0.4, -0.2) is 5.54 Å². The molecule has 1 N–H and O–H groups in total. The molecule has 88 valence electrons. The molecular weight excluding hydrogens is 194 g/mol. The molecule has 1 aliphatic carbocycles. The van der Waals surface area contributed by atoms with Crippen molar-refractivity contribution in [2.24, 2.45) is 5.92 Å². The number of hydrogen-bond donors (Lipinski definition) is 1. The van der Waals surface area contributed by atoms with Crippen molar-refractivity contribution in [3.05, 3.63) is 29.3 Å². The Morgan fingerprint density at radius 2 is 1.81 bits per heavy atom. The fourth-order valence-electron chi connectivity index (χ4n) is 2.17. The number of fused-ring (bicyclic) bond motifs is 1. The molecule has 0 saturated heterocycles. The van der Waals surface area contributed by atoms with E-state index >= 15 is 0 Å². The number of hydrogen-bond acceptors (Lipinski definition) is 1. The molecule has 0 unspecified atom stereocenters. The number of rotatable bonds is 3. The van der Waals surface area contributed by atoms with E-state index in [4.69, 9.17) is 0 Å². The highest BCUT2D eigenvalue weighted by Crippen LogP contribution is 2.28. The summed E-state index contributed by atoms with van der Waals surface area (Å²) >= 11 is 0. The maximum absolute atomic E-state index is 3.65. The minimum atomic E-state index is 0.160. The Morgan fingerprint density at radius 1 is 1.12 bits per heavy atom. The van der Waals surface area contributed by atoms with E-state index in [1.807, 2.05) is 0 Å². The lowest BCUT2D eigenvalue weighted by Crippen LogP contribution is -2.36. The fraction of sp³-hybridized carbons (Fsp3) is 0.600. The SMILES string of the molecule is CC(C)C(C)(C)Nc1ccc2c(c1)CCC2. The van der Waals surface area contributed by atoms with E-state index in [1.54, 1.807) is 11.1 Å². The number of nitrogens with one attached hydrogen (secondary N) is 1. The summed E-state index contributed by atoms with van der Waals surface area (Å²) in [6.45, 7) is 9.07. The molecule has 0 aliphatic heterocycles. The third kappa shape index (κ3) is 2.23. The quantitative estimate of drug-likeness (QED) is 0.806. The molecule has 0 saturated carbocycles.